The van der Waals surface area contributed by atoms with E-state index in [2.05, 4.69) is 10.1 Å². The number of nitrogens with two attached hydrogens (primary N) is 1. The topological polar surface area (TPSA) is 86.2 Å². The van der Waals surface area contributed by atoms with E-state index in [1.54, 1.807) is 23.0 Å². The third-order valence-corrected chi connectivity index (χ3v) is 5.06. The molecule has 29 heavy (non-hydrogen) atoms. The summed E-state index contributed by atoms with van der Waals surface area (Å²) in [7, 11) is 0. The summed E-state index contributed by atoms with van der Waals surface area (Å²) >= 11 is 0. The van der Waals surface area contributed by atoms with Crippen molar-refractivity contribution in [2.45, 2.75) is 32.2 Å². The van der Waals surface area contributed by atoms with Gasteiger partial charge in [-0.2, -0.15) is 5.10 Å². The molecule has 0 aliphatic heterocycles. The average molecular weight is 385 g/mol. The Hall–Kier alpha value is -3.38. The summed E-state index contributed by atoms with van der Waals surface area (Å²) < 4.78 is 1.72. The number of carbonyl (C=O) groups is 1. The van der Waals surface area contributed by atoms with E-state index >= 15 is 0 Å². The molecule has 6 heteroatoms. The second kappa shape index (κ2) is 8.32. The highest BCUT2D eigenvalue weighted by atomic mass is 16.1. The fourth-order valence-electron chi connectivity index (χ4n) is 3.24. The van der Waals surface area contributed by atoms with Gasteiger partial charge in [-0.1, -0.05) is 37.3 Å². The maximum Gasteiger partial charge on any atom is 0.164 e. The van der Waals surface area contributed by atoms with Crippen LogP contribution in [0.25, 0.3) is 28.2 Å². The first-order chi connectivity index (χ1) is 14.2. The first kappa shape index (κ1) is 19.0. The molecule has 1 atom stereocenters. The molecule has 146 valence electrons. The second-order valence-electron chi connectivity index (χ2n) is 7.07. The van der Waals surface area contributed by atoms with Gasteiger partial charge in [0.25, 0.3) is 0 Å². The predicted octanol–water partition coefficient (Wildman–Crippen LogP) is 4.16. The lowest BCUT2D eigenvalue weighted by Crippen LogP contribution is -2.19. The van der Waals surface area contributed by atoms with E-state index < -0.39 is 0 Å². The van der Waals surface area contributed by atoms with E-state index in [1.165, 1.54) is 0 Å². The minimum absolute atomic E-state index is 0.0560. The summed E-state index contributed by atoms with van der Waals surface area (Å²) in [6.45, 7) is 2.03. The molecule has 0 aliphatic rings. The van der Waals surface area contributed by atoms with Gasteiger partial charge in [-0.25, -0.2) is 9.50 Å². The molecule has 1 unspecified atom stereocenters. The van der Waals surface area contributed by atoms with E-state index in [9.17, 15) is 4.79 Å². The highest BCUT2D eigenvalue weighted by molar-refractivity contribution is 5.97. The number of aromatic nitrogens is 4. The van der Waals surface area contributed by atoms with Crippen LogP contribution >= 0.6 is 0 Å². The molecule has 6 nitrogen and oxygen atoms in total. The molecule has 0 saturated carbocycles. The Kier molecular flexibility index (Phi) is 5.44. The first-order valence-electron chi connectivity index (χ1n) is 9.80. The van der Waals surface area contributed by atoms with Gasteiger partial charge in [0.1, 0.15) is 0 Å². The summed E-state index contributed by atoms with van der Waals surface area (Å²) in [6, 6.07) is 15.5. The van der Waals surface area contributed by atoms with Crippen molar-refractivity contribution >= 4 is 11.4 Å². The van der Waals surface area contributed by atoms with Crippen LogP contribution < -0.4 is 5.73 Å². The minimum atomic E-state index is 0.0560. The van der Waals surface area contributed by atoms with Crippen LogP contribution in [0.3, 0.4) is 0 Å². The van der Waals surface area contributed by atoms with Gasteiger partial charge in [-0.05, 0) is 31.0 Å². The van der Waals surface area contributed by atoms with Gasteiger partial charge < -0.3 is 5.73 Å². The normalized spacial score (nSPS) is 12.2. The van der Waals surface area contributed by atoms with Crippen molar-refractivity contribution in [1.29, 1.82) is 0 Å². The maximum atomic E-state index is 12.6. The van der Waals surface area contributed by atoms with Gasteiger partial charge >= 0.3 is 0 Å². The van der Waals surface area contributed by atoms with E-state index in [-0.39, 0.29) is 11.8 Å². The van der Waals surface area contributed by atoms with Gasteiger partial charge in [0.05, 0.1) is 23.1 Å². The number of carbonyl (C=O) groups excluding carboxylic acids is 1. The molecule has 0 spiro atoms. The molecule has 0 bridgehead atoms. The molecule has 4 aromatic rings. The number of benzene rings is 1. The zero-order valence-corrected chi connectivity index (χ0v) is 16.3. The van der Waals surface area contributed by atoms with Gasteiger partial charge in [-0.3, -0.25) is 9.78 Å². The summed E-state index contributed by atoms with van der Waals surface area (Å²) in [6.07, 6.45) is 7.27. The largest absolute Gasteiger partial charge is 0.328 e. The number of rotatable bonds is 7. The van der Waals surface area contributed by atoms with Crippen LogP contribution in [0, 0.1) is 0 Å². The van der Waals surface area contributed by atoms with Crippen molar-refractivity contribution in [2.24, 2.45) is 5.73 Å². The Bertz CT molecular complexity index is 1140. The number of hydrogen-bond donors (Lipinski definition) is 1. The lowest BCUT2D eigenvalue weighted by Gasteiger charge is -2.08. The molecule has 4 rings (SSSR count). The molecule has 0 fully saturated rings. The minimum Gasteiger partial charge on any atom is -0.328 e. The fraction of sp³-hybridized carbons (Fsp3) is 0.217. The standard InChI is InChI=1S/C23H23N5O/c1-2-18(24)8-9-22(29)17-10-12-25-21(14-17)19-15-26-28-13-11-20(27-23(19)28)16-6-4-3-5-7-16/h3-7,10-15,18H,2,8-9,24H2,1H3. The quantitative estimate of drug-likeness (QED) is 0.483. The molecule has 0 radical (unpaired) electrons. The van der Waals surface area contributed by atoms with Gasteiger partial charge in [0, 0.05) is 36.0 Å². The number of Topliss-reactive ketones (excluding diaryl/α,β-unsaturated/α-hetero) is 1. The molecule has 2 N–H and O–H groups in total. The number of pyridine rings is 1. The van der Waals surface area contributed by atoms with Gasteiger partial charge in [-0.15, -0.1) is 0 Å². The molecule has 3 aromatic heterocycles. The SMILES string of the molecule is CCC(N)CCC(=O)c1ccnc(-c2cnn3ccc(-c4ccccc4)nc23)c1. The lowest BCUT2D eigenvalue weighted by molar-refractivity contribution is 0.0977. The summed E-state index contributed by atoms with van der Waals surface area (Å²) in [4.78, 5) is 21.8. The molecule has 0 saturated heterocycles. The lowest BCUT2D eigenvalue weighted by atomic mass is 10.0. The van der Waals surface area contributed by atoms with Crippen molar-refractivity contribution in [3.63, 3.8) is 0 Å². The third kappa shape index (κ3) is 4.07. The molecular formula is C23H23N5O. The Morgan fingerprint density at radius 3 is 2.76 bits per heavy atom. The van der Waals surface area contributed by atoms with Crippen LogP contribution in [0.15, 0.2) is 67.1 Å². The van der Waals surface area contributed by atoms with Crippen LogP contribution in [0.2, 0.25) is 0 Å². The summed E-state index contributed by atoms with van der Waals surface area (Å²) in [5.74, 6) is 0.0759. The van der Waals surface area contributed by atoms with Gasteiger partial charge in [0.2, 0.25) is 0 Å². The van der Waals surface area contributed by atoms with Crippen molar-refractivity contribution in [3.05, 3.63) is 72.7 Å². The van der Waals surface area contributed by atoms with E-state index in [0.29, 0.717) is 29.7 Å². The number of fused-ring (bicyclic) bond motifs is 1. The van der Waals surface area contributed by atoms with E-state index in [0.717, 1.165) is 23.2 Å². The average Bonchev–Trinajstić information content (AvgIpc) is 3.21. The number of ketones is 1. The Morgan fingerprint density at radius 1 is 1.14 bits per heavy atom. The molecule has 3 heterocycles. The van der Waals surface area contributed by atoms with Crippen molar-refractivity contribution in [1.82, 2.24) is 19.6 Å². The van der Waals surface area contributed by atoms with Crippen LogP contribution in [-0.2, 0) is 0 Å². The fourth-order valence-corrected chi connectivity index (χ4v) is 3.24. The second-order valence-corrected chi connectivity index (χ2v) is 7.07. The Labute approximate surface area is 169 Å². The van der Waals surface area contributed by atoms with E-state index in [1.807, 2.05) is 55.6 Å². The van der Waals surface area contributed by atoms with Crippen LogP contribution in [-0.4, -0.2) is 31.4 Å². The maximum absolute atomic E-state index is 12.6. The molecule has 0 amide bonds. The van der Waals surface area contributed by atoms with Crippen LogP contribution in [0.5, 0.6) is 0 Å². The first-order valence-corrected chi connectivity index (χ1v) is 9.80. The van der Waals surface area contributed by atoms with Gasteiger partial charge in [0.15, 0.2) is 11.4 Å². The van der Waals surface area contributed by atoms with Crippen molar-refractivity contribution in [2.75, 3.05) is 0 Å². The zero-order valence-electron chi connectivity index (χ0n) is 16.3. The van der Waals surface area contributed by atoms with Crippen molar-refractivity contribution in [3.8, 4) is 22.5 Å². The van der Waals surface area contributed by atoms with Crippen LogP contribution in [0.4, 0.5) is 0 Å². The van der Waals surface area contributed by atoms with E-state index in [4.69, 9.17) is 10.7 Å². The van der Waals surface area contributed by atoms with Crippen molar-refractivity contribution < 1.29 is 4.79 Å². The Morgan fingerprint density at radius 2 is 1.97 bits per heavy atom. The highest BCUT2D eigenvalue weighted by Crippen LogP contribution is 2.25. The summed E-state index contributed by atoms with van der Waals surface area (Å²) in [5.41, 5.74) is 10.7. The number of nitrogens with zero attached hydrogens (tertiary/aromatic N) is 4. The third-order valence-electron chi connectivity index (χ3n) is 5.06. The summed E-state index contributed by atoms with van der Waals surface area (Å²) in [5, 5.41) is 4.39. The smallest absolute Gasteiger partial charge is 0.164 e. The number of hydrogen-bond acceptors (Lipinski definition) is 5. The highest BCUT2D eigenvalue weighted by Gasteiger charge is 2.14. The zero-order chi connectivity index (χ0) is 20.2. The monoisotopic (exact) mass is 385 g/mol. The van der Waals surface area contributed by atoms with Crippen LogP contribution in [0.1, 0.15) is 36.5 Å². The predicted molar refractivity (Wildman–Crippen MR) is 113 cm³/mol. The Balaban J connectivity index is 1.67. The molecule has 1 aromatic carbocycles. The molecular weight excluding hydrogens is 362 g/mol. The molecule has 0 aliphatic carbocycles.